The molecular weight excluding hydrogens is 230 g/mol. The van der Waals surface area contributed by atoms with Crippen LogP contribution in [0.3, 0.4) is 0 Å². The van der Waals surface area contributed by atoms with Crippen LogP contribution in [-0.4, -0.2) is 4.57 Å². The van der Waals surface area contributed by atoms with Crippen molar-refractivity contribution < 1.29 is 0 Å². The lowest BCUT2D eigenvalue weighted by molar-refractivity contribution is 1.07. The monoisotopic (exact) mass is 247 g/mol. The van der Waals surface area contributed by atoms with Crippen LogP contribution in [0.15, 0.2) is 73.1 Å². The van der Waals surface area contributed by atoms with E-state index in [2.05, 4.69) is 78.5 Å². The first-order valence-corrected chi connectivity index (χ1v) is 6.69. The van der Waals surface area contributed by atoms with Gasteiger partial charge < -0.3 is 4.57 Å². The summed E-state index contributed by atoms with van der Waals surface area (Å²) in [5, 5.41) is 0. The van der Waals surface area contributed by atoms with Gasteiger partial charge in [-0.05, 0) is 41.3 Å². The van der Waals surface area contributed by atoms with Crippen molar-refractivity contribution in [2.24, 2.45) is 0 Å². The highest BCUT2D eigenvalue weighted by atomic mass is 14.9. The molecule has 0 spiro atoms. The topological polar surface area (TPSA) is 4.93 Å². The quantitative estimate of drug-likeness (QED) is 0.632. The highest BCUT2D eigenvalue weighted by Crippen LogP contribution is 2.21. The number of hydrogen-bond donors (Lipinski definition) is 0. The standard InChI is InChI=1S/C18H17N/c1-2-15-8-10-18(11-9-15)19-13-12-17(14-19)16-6-4-3-5-7-16/h3-14H,2H2,1H3. The molecule has 0 aliphatic rings. The minimum atomic E-state index is 1.08. The van der Waals surface area contributed by atoms with Crippen molar-refractivity contribution in [2.75, 3.05) is 0 Å². The summed E-state index contributed by atoms with van der Waals surface area (Å²) in [6.07, 6.45) is 5.38. The van der Waals surface area contributed by atoms with Crippen molar-refractivity contribution in [1.82, 2.24) is 4.57 Å². The van der Waals surface area contributed by atoms with Gasteiger partial charge in [-0.2, -0.15) is 0 Å². The van der Waals surface area contributed by atoms with Gasteiger partial charge in [0.2, 0.25) is 0 Å². The van der Waals surface area contributed by atoms with Crippen LogP contribution in [-0.2, 0) is 6.42 Å². The Morgan fingerprint density at radius 3 is 2.21 bits per heavy atom. The van der Waals surface area contributed by atoms with Gasteiger partial charge in [0.15, 0.2) is 0 Å². The Bertz CT molecular complexity index is 648. The molecule has 0 aliphatic heterocycles. The fourth-order valence-electron chi connectivity index (χ4n) is 2.26. The van der Waals surface area contributed by atoms with E-state index in [1.807, 2.05) is 6.07 Å². The maximum atomic E-state index is 2.19. The van der Waals surface area contributed by atoms with Crippen LogP contribution in [0.25, 0.3) is 16.8 Å². The van der Waals surface area contributed by atoms with Crippen molar-refractivity contribution in [3.8, 4) is 16.8 Å². The van der Waals surface area contributed by atoms with Crippen LogP contribution in [0.5, 0.6) is 0 Å². The molecule has 0 saturated carbocycles. The molecule has 0 amide bonds. The number of aryl methyl sites for hydroxylation is 1. The zero-order chi connectivity index (χ0) is 13.1. The predicted octanol–water partition coefficient (Wildman–Crippen LogP) is 4.71. The zero-order valence-electron chi connectivity index (χ0n) is 11.1. The van der Waals surface area contributed by atoms with Crippen LogP contribution in [0.4, 0.5) is 0 Å². The molecule has 3 rings (SSSR count). The summed E-state index contributed by atoms with van der Waals surface area (Å²) >= 11 is 0. The average Bonchev–Trinajstić information content (AvgIpc) is 2.98. The maximum absolute atomic E-state index is 2.19. The summed E-state index contributed by atoms with van der Waals surface area (Å²) in [6.45, 7) is 2.18. The molecule has 3 aromatic rings. The van der Waals surface area contributed by atoms with Crippen LogP contribution in [0.1, 0.15) is 12.5 Å². The lowest BCUT2D eigenvalue weighted by atomic mass is 10.1. The Morgan fingerprint density at radius 1 is 0.789 bits per heavy atom. The van der Waals surface area contributed by atoms with Crippen molar-refractivity contribution >= 4 is 0 Å². The highest BCUT2D eigenvalue weighted by Gasteiger charge is 2.01. The molecule has 94 valence electrons. The minimum Gasteiger partial charge on any atom is -0.323 e. The van der Waals surface area contributed by atoms with E-state index in [0.29, 0.717) is 0 Å². The summed E-state index contributed by atoms with van der Waals surface area (Å²) in [5.74, 6) is 0. The zero-order valence-corrected chi connectivity index (χ0v) is 11.1. The fourth-order valence-corrected chi connectivity index (χ4v) is 2.26. The van der Waals surface area contributed by atoms with Gasteiger partial charge in [-0.3, -0.25) is 0 Å². The molecule has 0 fully saturated rings. The first-order valence-electron chi connectivity index (χ1n) is 6.69. The highest BCUT2D eigenvalue weighted by molar-refractivity contribution is 5.63. The largest absolute Gasteiger partial charge is 0.323 e. The molecule has 0 saturated heterocycles. The molecule has 0 aliphatic carbocycles. The normalized spacial score (nSPS) is 10.6. The van der Waals surface area contributed by atoms with Crippen LogP contribution in [0, 0.1) is 0 Å². The minimum absolute atomic E-state index is 1.08. The van der Waals surface area contributed by atoms with Gasteiger partial charge in [0.05, 0.1) is 0 Å². The molecule has 0 radical (unpaired) electrons. The SMILES string of the molecule is CCc1ccc(-n2ccc(-c3ccccc3)c2)cc1. The van der Waals surface area contributed by atoms with Crippen molar-refractivity contribution in [2.45, 2.75) is 13.3 Å². The van der Waals surface area contributed by atoms with E-state index in [-0.39, 0.29) is 0 Å². The third kappa shape index (κ3) is 2.45. The molecule has 0 bridgehead atoms. The second-order valence-corrected chi connectivity index (χ2v) is 4.69. The van der Waals surface area contributed by atoms with E-state index in [9.17, 15) is 0 Å². The van der Waals surface area contributed by atoms with E-state index in [1.54, 1.807) is 0 Å². The third-order valence-corrected chi connectivity index (χ3v) is 3.44. The number of aromatic nitrogens is 1. The van der Waals surface area contributed by atoms with Gasteiger partial charge in [0, 0.05) is 18.1 Å². The molecule has 2 aromatic carbocycles. The molecule has 1 aromatic heterocycles. The summed E-state index contributed by atoms with van der Waals surface area (Å²) in [6, 6.07) is 21.4. The molecule has 0 unspecified atom stereocenters. The van der Waals surface area contributed by atoms with E-state index < -0.39 is 0 Å². The lowest BCUT2D eigenvalue weighted by Gasteiger charge is -2.04. The van der Waals surface area contributed by atoms with Crippen LogP contribution < -0.4 is 0 Å². The molecule has 19 heavy (non-hydrogen) atoms. The summed E-state index contributed by atoms with van der Waals surface area (Å²) in [5.41, 5.74) is 5.09. The smallest absolute Gasteiger partial charge is 0.0449 e. The second-order valence-electron chi connectivity index (χ2n) is 4.69. The summed E-state index contributed by atoms with van der Waals surface area (Å²) in [4.78, 5) is 0. The van der Waals surface area contributed by atoms with Gasteiger partial charge in [-0.15, -0.1) is 0 Å². The fraction of sp³-hybridized carbons (Fsp3) is 0.111. The Balaban J connectivity index is 1.92. The Hall–Kier alpha value is -2.28. The van der Waals surface area contributed by atoms with Gasteiger partial charge >= 0.3 is 0 Å². The van der Waals surface area contributed by atoms with Crippen molar-refractivity contribution in [3.63, 3.8) is 0 Å². The van der Waals surface area contributed by atoms with E-state index in [4.69, 9.17) is 0 Å². The van der Waals surface area contributed by atoms with Gasteiger partial charge in [0.1, 0.15) is 0 Å². The summed E-state index contributed by atoms with van der Waals surface area (Å²) in [7, 11) is 0. The summed E-state index contributed by atoms with van der Waals surface area (Å²) < 4.78 is 2.17. The molecular formula is C18H17N. The Labute approximate surface area is 114 Å². The molecule has 1 nitrogen and oxygen atoms in total. The number of hydrogen-bond acceptors (Lipinski definition) is 0. The Kier molecular flexibility index (Phi) is 3.20. The average molecular weight is 247 g/mol. The molecule has 1 heteroatoms. The number of rotatable bonds is 3. The number of nitrogens with zero attached hydrogens (tertiary/aromatic N) is 1. The lowest BCUT2D eigenvalue weighted by Crippen LogP contribution is -1.90. The van der Waals surface area contributed by atoms with Gasteiger partial charge in [-0.25, -0.2) is 0 Å². The first-order chi connectivity index (χ1) is 9.36. The molecule has 0 N–H and O–H groups in total. The van der Waals surface area contributed by atoms with Crippen LogP contribution in [0.2, 0.25) is 0 Å². The van der Waals surface area contributed by atoms with Crippen molar-refractivity contribution in [1.29, 1.82) is 0 Å². The van der Waals surface area contributed by atoms with E-state index in [1.165, 1.54) is 22.4 Å². The maximum Gasteiger partial charge on any atom is 0.0449 e. The third-order valence-electron chi connectivity index (χ3n) is 3.44. The van der Waals surface area contributed by atoms with Crippen molar-refractivity contribution in [3.05, 3.63) is 78.6 Å². The Morgan fingerprint density at radius 2 is 1.53 bits per heavy atom. The first kappa shape index (κ1) is 11.8. The number of benzene rings is 2. The van der Waals surface area contributed by atoms with E-state index in [0.717, 1.165) is 6.42 Å². The molecule has 0 atom stereocenters. The molecule has 1 heterocycles. The van der Waals surface area contributed by atoms with E-state index >= 15 is 0 Å². The second kappa shape index (κ2) is 5.15. The van der Waals surface area contributed by atoms with Gasteiger partial charge in [0.25, 0.3) is 0 Å². The predicted molar refractivity (Wildman–Crippen MR) is 80.6 cm³/mol. The van der Waals surface area contributed by atoms with Gasteiger partial charge in [-0.1, -0.05) is 49.4 Å². The van der Waals surface area contributed by atoms with Crippen LogP contribution >= 0.6 is 0 Å².